The molecule has 0 unspecified atom stereocenters. The standard InChI is InChI=1S/C16H30O5/c1-3-5-11-16(20,12-6-4-2)13-21-15(19)10-8-7-9-14(17)18/h20H,3-13H2,1-2H3,(H,17,18). The first-order valence-corrected chi connectivity index (χ1v) is 8.03. The van der Waals surface area contributed by atoms with Gasteiger partial charge in [-0.1, -0.05) is 39.5 Å². The molecule has 5 heteroatoms. The van der Waals surface area contributed by atoms with Gasteiger partial charge in [0, 0.05) is 12.8 Å². The summed E-state index contributed by atoms with van der Waals surface area (Å²) in [5.74, 6) is -1.20. The summed E-state index contributed by atoms with van der Waals surface area (Å²) in [6.07, 6.45) is 6.39. The Kier molecular flexibility index (Phi) is 10.9. The SMILES string of the molecule is CCCCC(O)(CCCC)COC(=O)CCCCC(=O)O. The summed E-state index contributed by atoms with van der Waals surface area (Å²) in [6, 6.07) is 0. The van der Waals surface area contributed by atoms with Crippen LogP contribution in [0.25, 0.3) is 0 Å². The fraction of sp³-hybridized carbons (Fsp3) is 0.875. The van der Waals surface area contributed by atoms with E-state index in [4.69, 9.17) is 9.84 Å². The van der Waals surface area contributed by atoms with Crippen LogP contribution in [-0.2, 0) is 14.3 Å². The third-order valence-electron chi connectivity index (χ3n) is 3.51. The Morgan fingerprint density at radius 3 is 1.95 bits per heavy atom. The van der Waals surface area contributed by atoms with E-state index in [1.54, 1.807) is 0 Å². The predicted molar refractivity (Wildman–Crippen MR) is 81.1 cm³/mol. The second kappa shape index (κ2) is 11.5. The molecular formula is C16H30O5. The summed E-state index contributed by atoms with van der Waals surface area (Å²) in [4.78, 5) is 22.0. The normalized spacial score (nSPS) is 11.4. The largest absolute Gasteiger partial charge is 0.481 e. The van der Waals surface area contributed by atoms with E-state index in [0.29, 0.717) is 25.7 Å². The molecule has 5 nitrogen and oxygen atoms in total. The zero-order valence-electron chi connectivity index (χ0n) is 13.4. The maximum Gasteiger partial charge on any atom is 0.305 e. The monoisotopic (exact) mass is 302 g/mol. The van der Waals surface area contributed by atoms with Crippen LogP contribution in [-0.4, -0.2) is 34.4 Å². The van der Waals surface area contributed by atoms with Gasteiger partial charge in [0.15, 0.2) is 0 Å². The van der Waals surface area contributed by atoms with Crippen LogP contribution in [0.15, 0.2) is 0 Å². The quantitative estimate of drug-likeness (QED) is 0.403. The number of unbranched alkanes of at least 4 members (excludes halogenated alkanes) is 3. The smallest absolute Gasteiger partial charge is 0.305 e. The molecule has 0 heterocycles. The fourth-order valence-electron chi connectivity index (χ4n) is 2.11. The lowest BCUT2D eigenvalue weighted by atomic mass is 9.92. The maximum absolute atomic E-state index is 11.6. The second-order valence-electron chi connectivity index (χ2n) is 5.69. The van der Waals surface area contributed by atoms with E-state index in [9.17, 15) is 14.7 Å². The highest BCUT2D eigenvalue weighted by molar-refractivity contribution is 5.69. The van der Waals surface area contributed by atoms with Gasteiger partial charge in [-0.15, -0.1) is 0 Å². The average Bonchev–Trinajstić information content (AvgIpc) is 2.45. The Bertz CT molecular complexity index is 293. The number of aliphatic hydroxyl groups is 1. The van der Waals surface area contributed by atoms with Crippen LogP contribution < -0.4 is 0 Å². The Morgan fingerprint density at radius 2 is 1.48 bits per heavy atom. The number of carboxylic acid groups (broad SMARTS) is 1. The first-order valence-electron chi connectivity index (χ1n) is 8.03. The number of aliphatic carboxylic acids is 1. The van der Waals surface area contributed by atoms with E-state index in [1.807, 2.05) is 0 Å². The van der Waals surface area contributed by atoms with Crippen molar-refractivity contribution >= 4 is 11.9 Å². The number of hydrogen-bond donors (Lipinski definition) is 2. The van der Waals surface area contributed by atoms with Crippen molar-refractivity contribution in [2.24, 2.45) is 0 Å². The van der Waals surface area contributed by atoms with Gasteiger partial charge in [0.2, 0.25) is 0 Å². The van der Waals surface area contributed by atoms with Crippen LogP contribution in [0.5, 0.6) is 0 Å². The van der Waals surface area contributed by atoms with E-state index in [2.05, 4.69) is 13.8 Å². The molecule has 0 aromatic carbocycles. The number of carbonyl (C=O) groups is 2. The second-order valence-corrected chi connectivity index (χ2v) is 5.69. The third-order valence-corrected chi connectivity index (χ3v) is 3.51. The summed E-state index contributed by atoms with van der Waals surface area (Å²) in [7, 11) is 0. The van der Waals surface area contributed by atoms with Crippen LogP contribution in [0.2, 0.25) is 0 Å². The third kappa shape index (κ3) is 11.3. The minimum absolute atomic E-state index is 0.0464. The Hall–Kier alpha value is -1.10. The molecule has 124 valence electrons. The van der Waals surface area contributed by atoms with Crippen LogP contribution >= 0.6 is 0 Å². The number of carbonyl (C=O) groups excluding carboxylic acids is 1. The van der Waals surface area contributed by atoms with Gasteiger partial charge in [0.05, 0.1) is 5.60 Å². The lowest BCUT2D eigenvalue weighted by Gasteiger charge is -2.27. The molecule has 0 aliphatic rings. The first kappa shape index (κ1) is 19.9. The van der Waals surface area contributed by atoms with Gasteiger partial charge >= 0.3 is 11.9 Å². The van der Waals surface area contributed by atoms with Crippen molar-refractivity contribution in [3.8, 4) is 0 Å². The molecule has 21 heavy (non-hydrogen) atoms. The summed E-state index contributed by atoms with van der Waals surface area (Å²) >= 11 is 0. The molecule has 0 radical (unpaired) electrons. The molecule has 0 fully saturated rings. The number of hydrogen-bond acceptors (Lipinski definition) is 4. The van der Waals surface area contributed by atoms with Crippen LogP contribution in [0.4, 0.5) is 0 Å². The predicted octanol–water partition coefficient (Wildman–Crippen LogP) is 3.29. The lowest BCUT2D eigenvalue weighted by Crippen LogP contribution is -2.35. The number of rotatable bonds is 13. The molecule has 0 rings (SSSR count). The zero-order chi connectivity index (χ0) is 16.1. The molecular weight excluding hydrogens is 272 g/mol. The van der Waals surface area contributed by atoms with E-state index in [-0.39, 0.29) is 25.4 Å². The van der Waals surface area contributed by atoms with Crippen molar-refractivity contribution < 1.29 is 24.5 Å². The van der Waals surface area contributed by atoms with Crippen LogP contribution in [0.1, 0.15) is 78.1 Å². The van der Waals surface area contributed by atoms with Crippen molar-refractivity contribution in [1.29, 1.82) is 0 Å². The summed E-state index contributed by atoms with van der Waals surface area (Å²) in [6.45, 7) is 4.17. The van der Waals surface area contributed by atoms with Gasteiger partial charge in [-0.2, -0.15) is 0 Å². The van der Waals surface area contributed by atoms with Crippen LogP contribution in [0.3, 0.4) is 0 Å². The molecule has 0 aliphatic carbocycles. The minimum atomic E-state index is -0.914. The van der Waals surface area contributed by atoms with Crippen molar-refractivity contribution in [3.05, 3.63) is 0 Å². The summed E-state index contributed by atoms with van der Waals surface area (Å²) in [5.41, 5.74) is -0.914. The van der Waals surface area contributed by atoms with Gasteiger partial charge in [-0.3, -0.25) is 9.59 Å². The molecule has 0 saturated heterocycles. The molecule has 0 aliphatic heterocycles. The molecule has 0 aromatic rings. The average molecular weight is 302 g/mol. The van der Waals surface area contributed by atoms with Crippen molar-refractivity contribution in [1.82, 2.24) is 0 Å². The zero-order valence-corrected chi connectivity index (χ0v) is 13.4. The Morgan fingerprint density at radius 1 is 0.952 bits per heavy atom. The topological polar surface area (TPSA) is 83.8 Å². The Labute approximate surface area is 127 Å². The fourth-order valence-corrected chi connectivity index (χ4v) is 2.11. The molecule has 0 aromatic heterocycles. The number of carboxylic acids is 1. The van der Waals surface area contributed by atoms with Gasteiger partial charge < -0.3 is 14.9 Å². The molecule has 0 spiro atoms. The van der Waals surface area contributed by atoms with Crippen LogP contribution in [0, 0.1) is 0 Å². The molecule has 0 saturated carbocycles. The van der Waals surface area contributed by atoms with E-state index >= 15 is 0 Å². The highest BCUT2D eigenvalue weighted by Crippen LogP contribution is 2.22. The highest BCUT2D eigenvalue weighted by Gasteiger charge is 2.27. The minimum Gasteiger partial charge on any atom is -0.481 e. The van der Waals surface area contributed by atoms with Gasteiger partial charge in [-0.05, 0) is 25.7 Å². The Balaban J connectivity index is 4.03. The number of ether oxygens (including phenoxy) is 1. The maximum atomic E-state index is 11.6. The number of esters is 1. The highest BCUT2D eigenvalue weighted by atomic mass is 16.5. The van der Waals surface area contributed by atoms with Crippen molar-refractivity contribution in [2.45, 2.75) is 83.7 Å². The van der Waals surface area contributed by atoms with E-state index in [1.165, 1.54) is 0 Å². The van der Waals surface area contributed by atoms with Gasteiger partial charge in [0.25, 0.3) is 0 Å². The lowest BCUT2D eigenvalue weighted by molar-refractivity contribution is -0.153. The van der Waals surface area contributed by atoms with E-state index < -0.39 is 11.6 Å². The first-order chi connectivity index (χ1) is 9.93. The van der Waals surface area contributed by atoms with Crippen molar-refractivity contribution in [2.75, 3.05) is 6.61 Å². The molecule has 0 bridgehead atoms. The van der Waals surface area contributed by atoms with E-state index in [0.717, 1.165) is 25.7 Å². The van der Waals surface area contributed by atoms with Crippen molar-refractivity contribution in [3.63, 3.8) is 0 Å². The summed E-state index contributed by atoms with van der Waals surface area (Å²) in [5, 5.41) is 19.0. The molecule has 0 amide bonds. The summed E-state index contributed by atoms with van der Waals surface area (Å²) < 4.78 is 5.17. The molecule has 0 atom stereocenters. The van der Waals surface area contributed by atoms with Gasteiger partial charge in [-0.25, -0.2) is 0 Å². The van der Waals surface area contributed by atoms with Gasteiger partial charge in [0.1, 0.15) is 6.61 Å². The molecule has 2 N–H and O–H groups in total.